The first-order chi connectivity index (χ1) is 9.08. The molecule has 104 valence electrons. The van der Waals surface area contributed by atoms with E-state index in [-0.39, 0.29) is 12.0 Å². The minimum absolute atomic E-state index is 0.111. The van der Waals surface area contributed by atoms with Gasteiger partial charge in [-0.1, -0.05) is 23.7 Å². The molecule has 0 aliphatic heterocycles. The summed E-state index contributed by atoms with van der Waals surface area (Å²) < 4.78 is 0. The third kappa shape index (κ3) is 3.71. The van der Waals surface area contributed by atoms with Gasteiger partial charge >= 0.3 is 0 Å². The predicted octanol–water partition coefficient (Wildman–Crippen LogP) is 2.93. The van der Waals surface area contributed by atoms with Crippen molar-refractivity contribution in [3.05, 3.63) is 34.3 Å². The quantitative estimate of drug-likeness (QED) is 0.895. The van der Waals surface area contributed by atoms with E-state index < -0.39 is 0 Å². The Morgan fingerprint density at radius 3 is 2.74 bits per heavy atom. The lowest BCUT2D eigenvalue weighted by Gasteiger charge is -2.25. The van der Waals surface area contributed by atoms with Crippen LogP contribution in [0.2, 0.25) is 5.02 Å². The molecule has 0 spiro atoms. The lowest BCUT2D eigenvalue weighted by molar-refractivity contribution is 0.0910. The summed E-state index contributed by atoms with van der Waals surface area (Å²) in [4.78, 5) is 12.1. The van der Waals surface area contributed by atoms with Gasteiger partial charge in [-0.2, -0.15) is 0 Å². The van der Waals surface area contributed by atoms with E-state index in [4.69, 9.17) is 11.6 Å². The molecule has 1 aromatic rings. The Hall–Kier alpha value is -1.06. The third-order valence-corrected chi connectivity index (χ3v) is 4.31. The van der Waals surface area contributed by atoms with Gasteiger partial charge in [-0.25, -0.2) is 0 Å². The van der Waals surface area contributed by atoms with Gasteiger partial charge in [0.15, 0.2) is 0 Å². The van der Waals surface area contributed by atoms with Crippen molar-refractivity contribution < 1.29 is 9.90 Å². The number of nitrogens with one attached hydrogen (secondary N) is 1. The topological polar surface area (TPSA) is 49.3 Å². The van der Waals surface area contributed by atoms with Gasteiger partial charge in [-0.3, -0.25) is 4.79 Å². The fourth-order valence-corrected chi connectivity index (χ4v) is 2.72. The van der Waals surface area contributed by atoms with Crippen LogP contribution in [0.15, 0.2) is 18.2 Å². The molecule has 1 aliphatic carbocycles. The van der Waals surface area contributed by atoms with Crippen LogP contribution in [0.25, 0.3) is 0 Å². The Labute approximate surface area is 119 Å². The average Bonchev–Trinajstić information content (AvgIpc) is 2.41. The summed E-state index contributed by atoms with van der Waals surface area (Å²) in [6.45, 7) is 2.55. The van der Waals surface area contributed by atoms with Gasteiger partial charge in [-0.05, 0) is 50.2 Å². The van der Waals surface area contributed by atoms with Crippen molar-refractivity contribution >= 4 is 17.5 Å². The molecule has 0 atom stereocenters. The second-order valence-electron chi connectivity index (χ2n) is 5.32. The van der Waals surface area contributed by atoms with E-state index in [0.29, 0.717) is 23.0 Å². The highest BCUT2D eigenvalue weighted by molar-refractivity contribution is 6.34. The van der Waals surface area contributed by atoms with Crippen molar-refractivity contribution in [1.29, 1.82) is 0 Å². The molecule has 1 amide bonds. The van der Waals surface area contributed by atoms with Crippen LogP contribution in [-0.4, -0.2) is 23.7 Å². The summed E-state index contributed by atoms with van der Waals surface area (Å²) in [5.74, 6) is 0.357. The van der Waals surface area contributed by atoms with Gasteiger partial charge in [0.2, 0.25) is 0 Å². The van der Waals surface area contributed by atoms with Gasteiger partial charge in [0, 0.05) is 6.54 Å². The SMILES string of the molecule is Cc1cccc(C(=O)NCC2CCC(O)CC2)c1Cl. The normalized spacial score (nSPS) is 23.1. The number of hydrogen-bond donors (Lipinski definition) is 2. The zero-order valence-corrected chi connectivity index (χ0v) is 11.9. The van der Waals surface area contributed by atoms with Gasteiger partial charge in [0.05, 0.1) is 16.7 Å². The molecular weight excluding hydrogens is 262 g/mol. The van der Waals surface area contributed by atoms with Crippen LogP contribution in [0.5, 0.6) is 0 Å². The summed E-state index contributed by atoms with van der Waals surface area (Å²) in [6.07, 6.45) is 3.47. The molecule has 2 rings (SSSR count). The first kappa shape index (κ1) is 14.4. The number of aliphatic hydroxyl groups excluding tert-OH is 1. The van der Waals surface area contributed by atoms with Crippen LogP contribution < -0.4 is 5.32 Å². The number of aryl methyl sites for hydroxylation is 1. The van der Waals surface area contributed by atoms with Crippen LogP contribution in [0, 0.1) is 12.8 Å². The first-order valence-electron chi connectivity index (χ1n) is 6.79. The van der Waals surface area contributed by atoms with Crippen LogP contribution in [0.3, 0.4) is 0 Å². The van der Waals surface area contributed by atoms with Gasteiger partial charge in [-0.15, -0.1) is 0 Å². The van der Waals surface area contributed by atoms with E-state index in [1.54, 1.807) is 6.07 Å². The largest absolute Gasteiger partial charge is 0.393 e. The van der Waals surface area contributed by atoms with Crippen molar-refractivity contribution in [3.63, 3.8) is 0 Å². The fourth-order valence-electron chi connectivity index (χ4n) is 2.50. The maximum absolute atomic E-state index is 12.1. The summed E-state index contributed by atoms with van der Waals surface area (Å²) in [7, 11) is 0. The fraction of sp³-hybridized carbons (Fsp3) is 0.533. The standard InChI is InChI=1S/C15H20ClNO2/c1-10-3-2-4-13(14(10)16)15(19)17-9-11-5-7-12(18)8-6-11/h2-4,11-12,18H,5-9H2,1H3,(H,17,19). The van der Waals surface area contributed by atoms with Crippen LogP contribution in [0.4, 0.5) is 0 Å². The molecule has 1 fully saturated rings. The summed E-state index contributed by atoms with van der Waals surface area (Å²) in [5.41, 5.74) is 1.45. The molecule has 1 aliphatic rings. The minimum atomic E-state index is -0.154. The number of aliphatic hydroxyl groups is 1. The molecule has 1 saturated carbocycles. The Balaban J connectivity index is 1.89. The van der Waals surface area contributed by atoms with Gasteiger partial charge in [0.25, 0.3) is 5.91 Å². The molecule has 2 N–H and O–H groups in total. The Morgan fingerprint density at radius 2 is 2.05 bits per heavy atom. The van der Waals surface area contributed by atoms with E-state index in [0.717, 1.165) is 31.2 Å². The minimum Gasteiger partial charge on any atom is -0.393 e. The van der Waals surface area contributed by atoms with Crippen LogP contribution in [0.1, 0.15) is 41.6 Å². The lowest BCUT2D eigenvalue weighted by Crippen LogP contribution is -2.32. The van der Waals surface area contributed by atoms with Gasteiger partial charge in [0.1, 0.15) is 0 Å². The molecule has 0 unspecified atom stereocenters. The van der Waals surface area contributed by atoms with Crippen LogP contribution >= 0.6 is 11.6 Å². The maximum Gasteiger partial charge on any atom is 0.252 e. The highest BCUT2D eigenvalue weighted by Crippen LogP contribution is 2.24. The number of amides is 1. The van der Waals surface area contributed by atoms with Crippen molar-refractivity contribution in [2.75, 3.05) is 6.54 Å². The number of hydrogen-bond acceptors (Lipinski definition) is 2. The highest BCUT2D eigenvalue weighted by atomic mass is 35.5. The molecular formula is C15H20ClNO2. The zero-order chi connectivity index (χ0) is 13.8. The third-order valence-electron chi connectivity index (χ3n) is 3.80. The maximum atomic E-state index is 12.1. The Bertz CT molecular complexity index is 453. The van der Waals surface area contributed by atoms with E-state index in [2.05, 4.69) is 5.32 Å². The first-order valence-corrected chi connectivity index (χ1v) is 7.17. The number of carbonyl (C=O) groups excluding carboxylic acids is 1. The number of benzene rings is 1. The summed E-state index contributed by atoms with van der Waals surface area (Å²) in [5, 5.41) is 12.9. The molecule has 0 heterocycles. The Kier molecular flexibility index (Phi) is 4.83. The van der Waals surface area contributed by atoms with Crippen molar-refractivity contribution in [2.24, 2.45) is 5.92 Å². The van der Waals surface area contributed by atoms with E-state index in [9.17, 15) is 9.90 Å². The molecule has 1 aromatic carbocycles. The molecule has 0 aromatic heterocycles. The molecule has 0 bridgehead atoms. The summed E-state index contributed by atoms with van der Waals surface area (Å²) in [6, 6.07) is 5.48. The second-order valence-corrected chi connectivity index (χ2v) is 5.70. The van der Waals surface area contributed by atoms with Crippen molar-refractivity contribution in [3.8, 4) is 0 Å². The van der Waals surface area contributed by atoms with E-state index in [1.807, 2.05) is 19.1 Å². The number of carbonyl (C=O) groups is 1. The van der Waals surface area contributed by atoms with E-state index in [1.165, 1.54) is 0 Å². The molecule has 0 radical (unpaired) electrons. The predicted molar refractivity (Wildman–Crippen MR) is 76.5 cm³/mol. The highest BCUT2D eigenvalue weighted by Gasteiger charge is 2.20. The number of rotatable bonds is 3. The lowest BCUT2D eigenvalue weighted by atomic mass is 9.87. The van der Waals surface area contributed by atoms with Crippen LogP contribution in [-0.2, 0) is 0 Å². The van der Waals surface area contributed by atoms with E-state index >= 15 is 0 Å². The summed E-state index contributed by atoms with van der Waals surface area (Å²) >= 11 is 6.13. The van der Waals surface area contributed by atoms with Gasteiger partial charge < -0.3 is 10.4 Å². The van der Waals surface area contributed by atoms with Crippen molar-refractivity contribution in [2.45, 2.75) is 38.7 Å². The number of halogens is 1. The molecule has 19 heavy (non-hydrogen) atoms. The average molecular weight is 282 g/mol. The molecule has 0 saturated heterocycles. The molecule has 3 nitrogen and oxygen atoms in total. The zero-order valence-electron chi connectivity index (χ0n) is 11.2. The second kappa shape index (κ2) is 6.40. The molecule has 4 heteroatoms. The smallest absolute Gasteiger partial charge is 0.252 e. The Morgan fingerprint density at radius 1 is 1.37 bits per heavy atom. The monoisotopic (exact) mass is 281 g/mol. The van der Waals surface area contributed by atoms with Crippen molar-refractivity contribution in [1.82, 2.24) is 5.32 Å².